The van der Waals surface area contributed by atoms with Gasteiger partial charge in [0.1, 0.15) is 0 Å². The zero-order valence-electron chi connectivity index (χ0n) is 9.33. The van der Waals surface area contributed by atoms with Crippen LogP contribution in [0.2, 0.25) is 0 Å². The van der Waals surface area contributed by atoms with Gasteiger partial charge in [-0.15, -0.1) is 0 Å². The quantitative estimate of drug-likeness (QED) is 0.380. The molecular formula is C10H22S5. The Kier molecular flexibility index (Phi) is 10.9. The van der Waals surface area contributed by atoms with Crippen molar-refractivity contribution in [2.24, 2.45) is 0 Å². The van der Waals surface area contributed by atoms with E-state index in [0.717, 1.165) is 12.8 Å². The SMILES string of the molecule is CCC(CC(S)S)SC(CC)CC(S)S. The first-order valence-corrected chi connectivity index (χ1v) is 8.38. The molecule has 0 spiro atoms. The normalized spacial score (nSPS) is 16.0. The number of thiol groups is 4. The molecule has 0 bridgehead atoms. The molecule has 2 unspecified atom stereocenters. The van der Waals surface area contributed by atoms with E-state index in [2.05, 4.69) is 76.1 Å². The summed E-state index contributed by atoms with van der Waals surface area (Å²) in [5.74, 6) is 0. The Hall–Kier alpha value is 1.75. The zero-order chi connectivity index (χ0) is 11.8. The Balaban J connectivity index is 3.99. The molecular weight excluding hydrogens is 280 g/mol. The van der Waals surface area contributed by atoms with Crippen molar-refractivity contribution < 1.29 is 0 Å². The molecule has 0 fully saturated rings. The van der Waals surface area contributed by atoms with E-state index >= 15 is 0 Å². The van der Waals surface area contributed by atoms with Gasteiger partial charge in [0.25, 0.3) is 0 Å². The maximum atomic E-state index is 4.33. The molecule has 0 aliphatic heterocycles. The van der Waals surface area contributed by atoms with Crippen LogP contribution in [0, 0.1) is 0 Å². The summed E-state index contributed by atoms with van der Waals surface area (Å²) in [6.45, 7) is 4.46. The molecule has 92 valence electrons. The van der Waals surface area contributed by atoms with Gasteiger partial charge in [0.2, 0.25) is 0 Å². The van der Waals surface area contributed by atoms with Crippen LogP contribution in [0.25, 0.3) is 0 Å². The number of hydrogen-bond acceptors (Lipinski definition) is 5. The van der Waals surface area contributed by atoms with E-state index < -0.39 is 0 Å². The summed E-state index contributed by atoms with van der Waals surface area (Å²) in [6.07, 6.45) is 4.49. The Morgan fingerprint density at radius 2 is 1.13 bits per heavy atom. The van der Waals surface area contributed by atoms with Crippen LogP contribution in [0.4, 0.5) is 0 Å². The van der Waals surface area contributed by atoms with Gasteiger partial charge in [-0.05, 0) is 25.7 Å². The van der Waals surface area contributed by atoms with Crippen LogP contribution in [0.1, 0.15) is 39.5 Å². The maximum Gasteiger partial charge on any atom is 0.0452 e. The third kappa shape index (κ3) is 9.45. The minimum absolute atomic E-state index is 0.197. The van der Waals surface area contributed by atoms with Crippen molar-refractivity contribution in [2.45, 2.75) is 59.2 Å². The maximum absolute atomic E-state index is 4.33. The van der Waals surface area contributed by atoms with Crippen LogP contribution in [-0.4, -0.2) is 19.7 Å². The molecule has 0 saturated carbocycles. The number of hydrogen-bond donors (Lipinski definition) is 4. The molecule has 2 atom stereocenters. The average molecular weight is 303 g/mol. The van der Waals surface area contributed by atoms with Gasteiger partial charge in [0.05, 0.1) is 0 Å². The van der Waals surface area contributed by atoms with Crippen molar-refractivity contribution in [3.63, 3.8) is 0 Å². The van der Waals surface area contributed by atoms with Crippen molar-refractivity contribution >= 4 is 62.3 Å². The van der Waals surface area contributed by atoms with Gasteiger partial charge < -0.3 is 0 Å². The van der Waals surface area contributed by atoms with E-state index in [1.807, 2.05) is 0 Å². The Labute approximate surface area is 121 Å². The molecule has 0 saturated heterocycles. The van der Waals surface area contributed by atoms with Crippen LogP contribution < -0.4 is 0 Å². The van der Waals surface area contributed by atoms with Gasteiger partial charge in [-0.3, -0.25) is 0 Å². The monoisotopic (exact) mass is 302 g/mol. The average Bonchev–Trinajstić information content (AvgIpc) is 2.14. The van der Waals surface area contributed by atoms with Gasteiger partial charge in [-0.25, -0.2) is 0 Å². The van der Waals surface area contributed by atoms with Crippen LogP contribution in [-0.2, 0) is 0 Å². The molecule has 0 aromatic heterocycles. The molecule has 0 aliphatic carbocycles. The minimum Gasteiger partial charge on any atom is -0.165 e. The second kappa shape index (κ2) is 9.75. The minimum atomic E-state index is 0.197. The van der Waals surface area contributed by atoms with Crippen LogP contribution in [0.5, 0.6) is 0 Å². The predicted molar refractivity (Wildman–Crippen MR) is 88.5 cm³/mol. The fourth-order valence-electron chi connectivity index (χ4n) is 1.38. The topological polar surface area (TPSA) is 0 Å². The van der Waals surface area contributed by atoms with Gasteiger partial charge >= 0.3 is 0 Å². The summed E-state index contributed by atoms with van der Waals surface area (Å²) in [5, 5.41) is 1.32. The number of thioether (sulfide) groups is 1. The van der Waals surface area contributed by atoms with Gasteiger partial charge in [0.15, 0.2) is 0 Å². The highest BCUT2D eigenvalue weighted by Crippen LogP contribution is 2.32. The Bertz CT molecular complexity index is 133. The van der Waals surface area contributed by atoms with Gasteiger partial charge in [0, 0.05) is 19.7 Å². The third-order valence-corrected chi connectivity index (χ3v) is 4.91. The molecule has 0 radical (unpaired) electrons. The van der Waals surface area contributed by atoms with Crippen molar-refractivity contribution in [3.8, 4) is 0 Å². The summed E-state index contributed by atoms with van der Waals surface area (Å²) in [7, 11) is 0. The van der Waals surface area contributed by atoms with Crippen molar-refractivity contribution in [2.75, 3.05) is 0 Å². The second-order valence-corrected chi connectivity index (χ2v) is 8.54. The highest BCUT2D eigenvalue weighted by molar-refractivity contribution is 8.01. The molecule has 0 aromatic carbocycles. The second-order valence-electron chi connectivity index (χ2n) is 3.63. The van der Waals surface area contributed by atoms with Crippen LogP contribution in [0.3, 0.4) is 0 Å². The molecule has 0 nitrogen and oxygen atoms in total. The third-order valence-electron chi connectivity index (χ3n) is 2.24. The largest absolute Gasteiger partial charge is 0.165 e. The van der Waals surface area contributed by atoms with Gasteiger partial charge in [-0.1, -0.05) is 13.8 Å². The molecule has 0 heterocycles. The molecule has 0 rings (SSSR count). The lowest BCUT2D eigenvalue weighted by molar-refractivity contribution is 0.745. The Morgan fingerprint density at radius 3 is 1.33 bits per heavy atom. The van der Waals surface area contributed by atoms with Crippen molar-refractivity contribution in [3.05, 3.63) is 0 Å². The molecule has 0 amide bonds. The predicted octanol–water partition coefficient (Wildman–Crippen LogP) is 4.43. The summed E-state index contributed by atoms with van der Waals surface area (Å²) >= 11 is 19.4. The standard InChI is InChI=1S/C10H22S5/c1-3-7(5-9(11)12)15-8(4-2)6-10(13)14/h7-14H,3-6H2,1-2H3. The fourth-order valence-corrected chi connectivity index (χ4v) is 4.50. The van der Waals surface area contributed by atoms with E-state index in [0.29, 0.717) is 10.5 Å². The van der Waals surface area contributed by atoms with E-state index in [1.165, 1.54) is 12.8 Å². The van der Waals surface area contributed by atoms with Crippen LogP contribution >= 0.6 is 62.3 Å². The Morgan fingerprint density at radius 1 is 0.800 bits per heavy atom. The van der Waals surface area contributed by atoms with Crippen LogP contribution in [0.15, 0.2) is 0 Å². The van der Waals surface area contributed by atoms with Crippen molar-refractivity contribution in [1.82, 2.24) is 0 Å². The van der Waals surface area contributed by atoms with Gasteiger partial charge in [-0.2, -0.15) is 62.3 Å². The summed E-state index contributed by atoms with van der Waals surface area (Å²) < 4.78 is 0.394. The van der Waals surface area contributed by atoms with Crippen molar-refractivity contribution in [1.29, 1.82) is 0 Å². The molecule has 0 aliphatic rings. The summed E-state index contributed by atoms with van der Waals surface area (Å²) in [5.41, 5.74) is 0. The summed E-state index contributed by atoms with van der Waals surface area (Å²) in [4.78, 5) is 0. The highest BCUT2D eigenvalue weighted by atomic mass is 32.2. The smallest absolute Gasteiger partial charge is 0.0452 e. The molecule has 0 aromatic rings. The molecule has 0 N–H and O–H groups in total. The van der Waals surface area contributed by atoms with E-state index in [-0.39, 0.29) is 9.16 Å². The van der Waals surface area contributed by atoms with E-state index in [4.69, 9.17) is 0 Å². The first-order valence-electron chi connectivity index (χ1n) is 5.37. The molecule has 5 heteroatoms. The first-order chi connectivity index (χ1) is 6.99. The van der Waals surface area contributed by atoms with E-state index in [9.17, 15) is 0 Å². The highest BCUT2D eigenvalue weighted by Gasteiger charge is 2.17. The first kappa shape index (κ1) is 16.8. The van der Waals surface area contributed by atoms with E-state index in [1.54, 1.807) is 0 Å². The number of rotatable bonds is 8. The zero-order valence-corrected chi connectivity index (χ0v) is 13.7. The lowest BCUT2D eigenvalue weighted by atomic mass is 10.2. The summed E-state index contributed by atoms with van der Waals surface area (Å²) in [6, 6.07) is 0. The fraction of sp³-hybridized carbons (Fsp3) is 1.00. The lowest BCUT2D eigenvalue weighted by Gasteiger charge is -2.23. The molecule has 15 heavy (non-hydrogen) atoms. The lowest BCUT2D eigenvalue weighted by Crippen LogP contribution is -2.14.